The Bertz CT molecular complexity index is 658. The van der Waals surface area contributed by atoms with Crippen LogP contribution in [0.5, 0.6) is 11.5 Å². The fourth-order valence-corrected chi connectivity index (χ4v) is 1.70. The van der Waals surface area contributed by atoms with E-state index in [1.165, 1.54) is 24.3 Å². The van der Waals surface area contributed by atoms with Gasteiger partial charge in [0.05, 0.1) is 0 Å². The van der Waals surface area contributed by atoms with Crippen LogP contribution in [0.15, 0.2) is 54.6 Å². The standard InChI is InChI=1S/C16H16N2O4/c1-11(22-14-8-3-2-4-9-14)15(20)17-18-16(21)12-6-5-7-13(19)10-12/h2-11,19H,1H3,(H,17,20)(H,18,21)/t11-/m0/s1. The van der Waals surface area contributed by atoms with Gasteiger partial charge in [0.2, 0.25) is 0 Å². The minimum atomic E-state index is -0.771. The van der Waals surface area contributed by atoms with E-state index < -0.39 is 17.9 Å². The molecule has 0 spiro atoms. The van der Waals surface area contributed by atoms with Crippen molar-refractivity contribution in [2.75, 3.05) is 0 Å². The van der Waals surface area contributed by atoms with Crippen molar-refractivity contribution in [3.05, 3.63) is 60.2 Å². The van der Waals surface area contributed by atoms with Crippen LogP contribution < -0.4 is 15.6 Å². The van der Waals surface area contributed by atoms with E-state index in [1.807, 2.05) is 6.07 Å². The second-order valence-corrected chi connectivity index (χ2v) is 4.57. The molecule has 6 heteroatoms. The zero-order chi connectivity index (χ0) is 15.9. The van der Waals surface area contributed by atoms with E-state index in [4.69, 9.17) is 4.74 Å². The van der Waals surface area contributed by atoms with E-state index in [0.29, 0.717) is 5.75 Å². The van der Waals surface area contributed by atoms with Crippen molar-refractivity contribution >= 4 is 11.8 Å². The number of hydrazine groups is 1. The third-order valence-electron chi connectivity index (χ3n) is 2.83. The first-order valence-corrected chi connectivity index (χ1v) is 6.67. The molecule has 2 amide bonds. The number of aromatic hydroxyl groups is 1. The number of carbonyl (C=O) groups is 2. The van der Waals surface area contributed by atoms with Crippen molar-refractivity contribution in [2.45, 2.75) is 13.0 Å². The monoisotopic (exact) mass is 300 g/mol. The quantitative estimate of drug-likeness (QED) is 0.749. The molecule has 0 unspecified atom stereocenters. The van der Waals surface area contributed by atoms with Crippen molar-refractivity contribution in [1.82, 2.24) is 10.9 Å². The van der Waals surface area contributed by atoms with E-state index >= 15 is 0 Å². The molecule has 0 bridgehead atoms. The maximum absolute atomic E-state index is 11.8. The molecule has 0 radical (unpaired) electrons. The van der Waals surface area contributed by atoms with Crippen LogP contribution >= 0.6 is 0 Å². The lowest BCUT2D eigenvalue weighted by atomic mass is 10.2. The Morgan fingerprint density at radius 3 is 2.45 bits per heavy atom. The molecule has 6 nitrogen and oxygen atoms in total. The summed E-state index contributed by atoms with van der Waals surface area (Å²) >= 11 is 0. The predicted octanol–water partition coefficient (Wildman–Crippen LogP) is 1.62. The first kappa shape index (κ1) is 15.4. The normalized spacial score (nSPS) is 11.3. The lowest BCUT2D eigenvalue weighted by molar-refractivity contribution is -0.128. The van der Waals surface area contributed by atoms with Crippen LogP contribution in [0.4, 0.5) is 0 Å². The molecule has 114 valence electrons. The molecule has 0 fully saturated rings. The van der Waals surface area contributed by atoms with Crippen LogP contribution in [-0.2, 0) is 4.79 Å². The lowest BCUT2D eigenvalue weighted by Gasteiger charge is -2.15. The van der Waals surface area contributed by atoms with Crippen LogP contribution in [0.1, 0.15) is 17.3 Å². The molecule has 22 heavy (non-hydrogen) atoms. The van der Waals surface area contributed by atoms with Gasteiger partial charge in [0.1, 0.15) is 11.5 Å². The number of amides is 2. The molecule has 0 saturated heterocycles. The first-order valence-electron chi connectivity index (χ1n) is 6.67. The Labute approximate surface area is 127 Å². The van der Waals surface area contributed by atoms with Crippen LogP contribution in [0, 0.1) is 0 Å². The van der Waals surface area contributed by atoms with Crippen LogP contribution in [0.2, 0.25) is 0 Å². The average molecular weight is 300 g/mol. The van der Waals surface area contributed by atoms with Gasteiger partial charge in [-0.3, -0.25) is 20.4 Å². The van der Waals surface area contributed by atoms with Crippen molar-refractivity contribution in [1.29, 1.82) is 0 Å². The molecule has 0 saturated carbocycles. The van der Waals surface area contributed by atoms with Gasteiger partial charge in [0.15, 0.2) is 6.10 Å². The molecule has 1 atom stereocenters. The number of ether oxygens (including phenoxy) is 1. The molecular formula is C16H16N2O4. The largest absolute Gasteiger partial charge is 0.508 e. The summed E-state index contributed by atoms with van der Waals surface area (Å²) in [5, 5.41) is 9.30. The maximum atomic E-state index is 11.8. The van der Waals surface area contributed by atoms with Crippen molar-refractivity contribution in [3.8, 4) is 11.5 Å². The number of phenolic OH excluding ortho intramolecular Hbond substituents is 1. The molecule has 3 N–H and O–H groups in total. The van der Waals surface area contributed by atoms with E-state index in [9.17, 15) is 14.7 Å². The number of carbonyl (C=O) groups excluding carboxylic acids is 2. The molecule has 0 aliphatic carbocycles. The SMILES string of the molecule is C[C@H](Oc1ccccc1)C(=O)NNC(=O)c1cccc(O)c1. The summed E-state index contributed by atoms with van der Waals surface area (Å²) in [6.45, 7) is 1.57. The Hall–Kier alpha value is -3.02. The summed E-state index contributed by atoms with van der Waals surface area (Å²) in [6, 6.07) is 14.7. The fraction of sp³-hybridized carbons (Fsp3) is 0.125. The zero-order valence-electron chi connectivity index (χ0n) is 11.9. The smallest absolute Gasteiger partial charge is 0.279 e. The summed E-state index contributed by atoms with van der Waals surface area (Å²) in [6.07, 6.45) is -0.771. The van der Waals surface area contributed by atoms with E-state index in [1.54, 1.807) is 31.2 Å². The highest BCUT2D eigenvalue weighted by Gasteiger charge is 2.15. The highest BCUT2D eigenvalue weighted by Crippen LogP contribution is 2.11. The third-order valence-corrected chi connectivity index (χ3v) is 2.83. The number of hydrogen-bond donors (Lipinski definition) is 3. The lowest BCUT2D eigenvalue weighted by Crippen LogP contribution is -2.47. The van der Waals surface area contributed by atoms with Crippen LogP contribution in [-0.4, -0.2) is 23.0 Å². The van der Waals surface area contributed by atoms with Crippen LogP contribution in [0.25, 0.3) is 0 Å². The molecule has 0 heterocycles. The van der Waals surface area contributed by atoms with Gasteiger partial charge in [-0.25, -0.2) is 0 Å². The fourth-order valence-electron chi connectivity index (χ4n) is 1.70. The maximum Gasteiger partial charge on any atom is 0.279 e. The number of rotatable bonds is 4. The summed E-state index contributed by atoms with van der Waals surface area (Å²) in [5.41, 5.74) is 4.77. The van der Waals surface area contributed by atoms with E-state index in [0.717, 1.165) is 0 Å². The van der Waals surface area contributed by atoms with Crippen molar-refractivity contribution < 1.29 is 19.4 Å². The number of benzene rings is 2. The van der Waals surface area contributed by atoms with Gasteiger partial charge in [0.25, 0.3) is 11.8 Å². The first-order chi connectivity index (χ1) is 10.6. The summed E-state index contributed by atoms with van der Waals surface area (Å²) in [7, 11) is 0. The molecule has 2 aromatic carbocycles. The highest BCUT2D eigenvalue weighted by atomic mass is 16.5. The predicted molar refractivity (Wildman–Crippen MR) is 80.2 cm³/mol. The molecule has 0 aromatic heterocycles. The van der Waals surface area contributed by atoms with Gasteiger partial charge < -0.3 is 9.84 Å². The second kappa shape index (κ2) is 7.12. The van der Waals surface area contributed by atoms with Crippen molar-refractivity contribution in [3.63, 3.8) is 0 Å². The highest BCUT2D eigenvalue weighted by molar-refractivity contribution is 5.96. The Kier molecular flexibility index (Phi) is 4.98. The number of para-hydroxylation sites is 1. The van der Waals surface area contributed by atoms with Gasteiger partial charge in [-0.1, -0.05) is 24.3 Å². The van der Waals surface area contributed by atoms with Gasteiger partial charge in [0, 0.05) is 5.56 Å². The molecule has 0 aliphatic heterocycles. The summed E-state index contributed by atoms with van der Waals surface area (Å²) in [4.78, 5) is 23.7. The summed E-state index contributed by atoms with van der Waals surface area (Å²) in [5.74, 6) is -0.488. The van der Waals surface area contributed by atoms with Gasteiger partial charge in [-0.05, 0) is 37.3 Å². The minimum Gasteiger partial charge on any atom is -0.508 e. The van der Waals surface area contributed by atoms with E-state index in [-0.39, 0.29) is 11.3 Å². The summed E-state index contributed by atoms with van der Waals surface area (Å²) < 4.78 is 5.43. The Morgan fingerprint density at radius 2 is 1.77 bits per heavy atom. The molecular weight excluding hydrogens is 284 g/mol. The third kappa shape index (κ3) is 4.24. The van der Waals surface area contributed by atoms with Gasteiger partial charge in [-0.2, -0.15) is 0 Å². The van der Waals surface area contributed by atoms with Gasteiger partial charge >= 0.3 is 0 Å². The number of hydrogen-bond acceptors (Lipinski definition) is 4. The zero-order valence-corrected chi connectivity index (χ0v) is 11.9. The number of nitrogens with one attached hydrogen (secondary N) is 2. The Balaban J connectivity index is 1.85. The number of phenols is 1. The van der Waals surface area contributed by atoms with E-state index in [2.05, 4.69) is 10.9 Å². The molecule has 2 aromatic rings. The topological polar surface area (TPSA) is 87.7 Å². The van der Waals surface area contributed by atoms with Crippen molar-refractivity contribution in [2.24, 2.45) is 0 Å². The van der Waals surface area contributed by atoms with Crippen LogP contribution in [0.3, 0.4) is 0 Å². The molecule has 0 aliphatic rings. The Morgan fingerprint density at radius 1 is 1.05 bits per heavy atom. The average Bonchev–Trinajstić information content (AvgIpc) is 2.53. The molecule has 2 rings (SSSR count). The van der Waals surface area contributed by atoms with Gasteiger partial charge in [-0.15, -0.1) is 0 Å². The minimum absolute atomic E-state index is 0.0280. The second-order valence-electron chi connectivity index (χ2n) is 4.57.